The van der Waals surface area contributed by atoms with E-state index in [2.05, 4.69) is 10.3 Å². The van der Waals surface area contributed by atoms with E-state index < -0.39 is 12.5 Å². The van der Waals surface area contributed by atoms with Crippen LogP contribution >= 0.6 is 0 Å². The smallest absolute Gasteiger partial charge is 0.260 e. The quantitative estimate of drug-likeness (QED) is 0.781. The van der Waals surface area contributed by atoms with E-state index in [1.807, 2.05) is 13.8 Å². The van der Waals surface area contributed by atoms with Crippen molar-refractivity contribution in [3.8, 4) is 0 Å². The molecule has 0 saturated heterocycles. The van der Waals surface area contributed by atoms with Gasteiger partial charge in [0.15, 0.2) is 0 Å². The molecule has 0 aliphatic carbocycles. The van der Waals surface area contributed by atoms with Gasteiger partial charge in [-0.2, -0.15) is 0 Å². The monoisotopic (exact) mass is 231 g/mol. The van der Waals surface area contributed by atoms with Gasteiger partial charge < -0.3 is 9.88 Å². The minimum Gasteiger partial charge on any atom is -0.333 e. The second kappa shape index (κ2) is 6.58. The summed E-state index contributed by atoms with van der Waals surface area (Å²) in [6.45, 7) is 5.27. The molecule has 0 saturated carbocycles. The van der Waals surface area contributed by atoms with Gasteiger partial charge in [-0.15, -0.1) is 0 Å². The molecule has 16 heavy (non-hydrogen) atoms. The number of alkyl halides is 2. The Kier molecular flexibility index (Phi) is 5.38. The third-order valence-corrected chi connectivity index (χ3v) is 2.36. The molecule has 1 N–H and O–H groups in total. The van der Waals surface area contributed by atoms with Crippen molar-refractivity contribution in [3.05, 3.63) is 18.2 Å². The lowest BCUT2D eigenvalue weighted by atomic mass is 10.2. The van der Waals surface area contributed by atoms with E-state index in [1.165, 1.54) is 0 Å². The molecule has 0 amide bonds. The molecule has 0 aromatic carbocycles. The highest BCUT2D eigenvalue weighted by Gasteiger charge is 2.25. The molecule has 1 aromatic heterocycles. The maximum Gasteiger partial charge on any atom is 0.260 e. The molecule has 0 spiro atoms. The van der Waals surface area contributed by atoms with Crippen molar-refractivity contribution in [3.63, 3.8) is 0 Å². The molecule has 1 atom stereocenters. The van der Waals surface area contributed by atoms with Gasteiger partial charge in [0.05, 0.1) is 0 Å². The van der Waals surface area contributed by atoms with Gasteiger partial charge in [-0.25, -0.2) is 13.8 Å². The number of rotatable bonds is 7. The zero-order valence-electron chi connectivity index (χ0n) is 9.79. The van der Waals surface area contributed by atoms with Crippen LogP contribution in [0.4, 0.5) is 8.78 Å². The summed E-state index contributed by atoms with van der Waals surface area (Å²) >= 11 is 0. The van der Waals surface area contributed by atoms with Gasteiger partial charge in [0.25, 0.3) is 6.43 Å². The van der Waals surface area contributed by atoms with Crippen molar-refractivity contribution in [1.82, 2.24) is 14.9 Å². The van der Waals surface area contributed by atoms with Crippen LogP contribution in [0.15, 0.2) is 12.4 Å². The summed E-state index contributed by atoms with van der Waals surface area (Å²) in [5, 5.41) is 2.84. The Balaban J connectivity index is 2.78. The average molecular weight is 231 g/mol. The second-order valence-corrected chi connectivity index (χ2v) is 3.75. The largest absolute Gasteiger partial charge is 0.333 e. The van der Waals surface area contributed by atoms with Crippen LogP contribution < -0.4 is 5.32 Å². The van der Waals surface area contributed by atoms with Crippen molar-refractivity contribution >= 4 is 0 Å². The molecular weight excluding hydrogens is 212 g/mol. The predicted molar refractivity (Wildman–Crippen MR) is 59.6 cm³/mol. The Hall–Kier alpha value is -0.970. The van der Waals surface area contributed by atoms with E-state index in [9.17, 15) is 8.78 Å². The Morgan fingerprint density at radius 1 is 1.38 bits per heavy atom. The van der Waals surface area contributed by atoms with Crippen LogP contribution in [0, 0.1) is 0 Å². The number of imidazole rings is 1. The van der Waals surface area contributed by atoms with Gasteiger partial charge in [0.1, 0.15) is 11.9 Å². The lowest BCUT2D eigenvalue weighted by Crippen LogP contribution is -2.30. The van der Waals surface area contributed by atoms with E-state index in [-0.39, 0.29) is 0 Å². The van der Waals surface area contributed by atoms with Crippen LogP contribution in [-0.2, 0) is 6.54 Å². The van der Waals surface area contributed by atoms with E-state index in [0.29, 0.717) is 12.4 Å². The molecule has 1 rings (SSSR count). The Bertz CT molecular complexity index is 299. The fourth-order valence-electron chi connectivity index (χ4n) is 1.62. The fraction of sp³-hybridized carbons (Fsp3) is 0.727. The maximum atomic E-state index is 12.9. The molecule has 1 aromatic rings. The van der Waals surface area contributed by atoms with Gasteiger partial charge >= 0.3 is 0 Å². The summed E-state index contributed by atoms with van der Waals surface area (Å²) in [5.41, 5.74) is 0. The lowest BCUT2D eigenvalue weighted by Gasteiger charge is -2.18. The van der Waals surface area contributed by atoms with Crippen LogP contribution in [0.3, 0.4) is 0 Å². The number of nitrogens with one attached hydrogen (secondary N) is 1. The number of hydrogen-bond acceptors (Lipinski definition) is 2. The van der Waals surface area contributed by atoms with Crippen LogP contribution in [-0.4, -0.2) is 22.5 Å². The van der Waals surface area contributed by atoms with E-state index in [4.69, 9.17) is 0 Å². The summed E-state index contributed by atoms with van der Waals surface area (Å²) in [5.74, 6) is 0.435. The molecule has 5 heteroatoms. The molecule has 0 aliphatic rings. The summed E-state index contributed by atoms with van der Waals surface area (Å²) in [7, 11) is 0. The van der Waals surface area contributed by atoms with E-state index in [0.717, 1.165) is 19.4 Å². The third kappa shape index (κ3) is 3.27. The molecule has 1 unspecified atom stereocenters. The second-order valence-electron chi connectivity index (χ2n) is 3.75. The van der Waals surface area contributed by atoms with E-state index in [1.54, 1.807) is 17.0 Å². The maximum absolute atomic E-state index is 12.9. The Morgan fingerprint density at radius 3 is 2.69 bits per heavy atom. The highest BCUT2D eigenvalue weighted by Crippen LogP contribution is 2.19. The van der Waals surface area contributed by atoms with Crippen molar-refractivity contribution in [1.29, 1.82) is 0 Å². The molecular formula is C11H19F2N3. The van der Waals surface area contributed by atoms with Crippen LogP contribution in [0.5, 0.6) is 0 Å². The Labute approximate surface area is 94.9 Å². The molecule has 92 valence electrons. The van der Waals surface area contributed by atoms with Gasteiger partial charge in [-0.3, -0.25) is 0 Å². The average Bonchev–Trinajstić information content (AvgIpc) is 2.67. The first-order chi connectivity index (χ1) is 7.70. The summed E-state index contributed by atoms with van der Waals surface area (Å²) in [6.07, 6.45) is 2.64. The van der Waals surface area contributed by atoms with Gasteiger partial charge in [0, 0.05) is 18.9 Å². The zero-order valence-corrected chi connectivity index (χ0v) is 9.79. The number of aryl methyl sites for hydroxylation is 1. The van der Waals surface area contributed by atoms with Crippen molar-refractivity contribution < 1.29 is 8.78 Å². The molecule has 0 fully saturated rings. The minimum absolute atomic E-state index is 0.435. The zero-order chi connectivity index (χ0) is 12.0. The number of aromatic nitrogens is 2. The molecule has 0 bridgehead atoms. The first-order valence-corrected chi connectivity index (χ1v) is 5.73. The van der Waals surface area contributed by atoms with Gasteiger partial charge in [-0.1, -0.05) is 13.8 Å². The third-order valence-electron chi connectivity index (χ3n) is 2.36. The van der Waals surface area contributed by atoms with Crippen molar-refractivity contribution in [2.75, 3.05) is 6.54 Å². The minimum atomic E-state index is -2.43. The normalized spacial score (nSPS) is 13.3. The number of nitrogens with zero attached hydrogens (tertiary/aromatic N) is 2. The van der Waals surface area contributed by atoms with Crippen LogP contribution in [0.1, 0.15) is 38.6 Å². The molecule has 3 nitrogen and oxygen atoms in total. The Morgan fingerprint density at radius 2 is 2.12 bits per heavy atom. The van der Waals surface area contributed by atoms with Crippen LogP contribution in [0.2, 0.25) is 0 Å². The molecule has 0 radical (unpaired) electrons. The highest BCUT2D eigenvalue weighted by atomic mass is 19.3. The molecule has 0 aliphatic heterocycles. The first kappa shape index (κ1) is 13.1. The number of halogens is 2. The van der Waals surface area contributed by atoms with Crippen molar-refractivity contribution in [2.24, 2.45) is 0 Å². The standard InChI is InChI=1S/C11H19F2N3/c1-3-5-14-9(10(12)13)11-15-6-8-16(11)7-4-2/h6,8-10,14H,3-5,7H2,1-2H3. The van der Waals surface area contributed by atoms with Gasteiger partial charge in [0.2, 0.25) is 0 Å². The van der Waals surface area contributed by atoms with Crippen LogP contribution in [0.25, 0.3) is 0 Å². The lowest BCUT2D eigenvalue weighted by molar-refractivity contribution is 0.0927. The highest BCUT2D eigenvalue weighted by molar-refractivity contribution is 5.00. The summed E-state index contributed by atoms with van der Waals surface area (Å²) in [6, 6.07) is -0.957. The van der Waals surface area contributed by atoms with Crippen molar-refractivity contribution in [2.45, 2.75) is 45.7 Å². The SMILES string of the molecule is CCCNC(c1nccn1CCC)C(F)F. The predicted octanol–water partition coefficient (Wildman–Crippen LogP) is 2.60. The number of hydrogen-bond donors (Lipinski definition) is 1. The fourth-order valence-corrected chi connectivity index (χ4v) is 1.62. The van der Waals surface area contributed by atoms with E-state index >= 15 is 0 Å². The topological polar surface area (TPSA) is 29.9 Å². The summed E-state index contributed by atoms with van der Waals surface area (Å²) < 4.78 is 27.6. The molecule has 1 heterocycles. The first-order valence-electron chi connectivity index (χ1n) is 5.73. The summed E-state index contributed by atoms with van der Waals surface area (Å²) in [4.78, 5) is 4.03. The van der Waals surface area contributed by atoms with Gasteiger partial charge in [-0.05, 0) is 19.4 Å².